The van der Waals surface area contributed by atoms with Gasteiger partial charge in [-0.1, -0.05) is 23.7 Å². The second-order valence-corrected chi connectivity index (χ2v) is 2.84. The minimum Gasteiger partial charge on any atom is -0.258 e. The number of benzene rings is 1. The Morgan fingerprint density at radius 3 is 2.93 bits per heavy atom. The maximum absolute atomic E-state index is 10.4. The van der Waals surface area contributed by atoms with E-state index in [1.54, 1.807) is 12.1 Å². The van der Waals surface area contributed by atoms with Gasteiger partial charge in [-0.25, -0.2) is 0 Å². The van der Waals surface area contributed by atoms with Crippen LogP contribution in [0.4, 0.5) is 5.69 Å². The minimum atomic E-state index is -0.514. The standard InChI is InChI=1S/C9H5ClN2O2/c10-9(4-5-11)7-2-1-3-8(6-7)12(13)14/h1-4,6H. The summed E-state index contributed by atoms with van der Waals surface area (Å²) in [6.07, 6.45) is 1.13. The number of hydrogen-bond donors (Lipinski definition) is 0. The Bertz CT molecular complexity index is 435. The lowest BCUT2D eigenvalue weighted by atomic mass is 10.2. The molecule has 14 heavy (non-hydrogen) atoms. The number of rotatable bonds is 2. The fraction of sp³-hybridized carbons (Fsp3) is 0. The van der Waals surface area contributed by atoms with Crippen molar-refractivity contribution in [3.63, 3.8) is 0 Å². The lowest BCUT2D eigenvalue weighted by molar-refractivity contribution is -0.384. The van der Waals surface area contributed by atoms with E-state index in [-0.39, 0.29) is 10.7 Å². The molecule has 0 fully saturated rings. The van der Waals surface area contributed by atoms with Crippen LogP contribution in [0.25, 0.3) is 5.03 Å². The Kier molecular flexibility index (Phi) is 3.21. The summed E-state index contributed by atoms with van der Waals surface area (Å²) in [5.41, 5.74) is 0.411. The van der Waals surface area contributed by atoms with Crippen molar-refractivity contribution in [2.45, 2.75) is 0 Å². The van der Waals surface area contributed by atoms with E-state index in [9.17, 15) is 10.1 Å². The van der Waals surface area contributed by atoms with Gasteiger partial charge in [0.15, 0.2) is 0 Å². The number of nitro benzene ring substituents is 1. The smallest absolute Gasteiger partial charge is 0.258 e. The summed E-state index contributed by atoms with van der Waals surface area (Å²) in [4.78, 5) is 9.90. The number of hydrogen-bond acceptors (Lipinski definition) is 3. The van der Waals surface area contributed by atoms with Crippen molar-refractivity contribution < 1.29 is 4.92 Å². The van der Waals surface area contributed by atoms with Crippen molar-refractivity contribution in [2.24, 2.45) is 0 Å². The van der Waals surface area contributed by atoms with E-state index in [1.165, 1.54) is 18.2 Å². The van der Waals surface area contributed by atoms with Crippen LogP contribution in [0, 0.1) is 21.4 Å². The second kappa shape index (κ2) is 4.40. The molecule has 0 aliphatic carbocycles. The molecule has 4 nitrogen and oxygen atoms in total. The molecule has 1 rings (SSSR count). The van der Waals surface area contributed by atoms with Gasteiger partial charge in [0.05, 0.1) is 16.0 Å². The highest BCUT2D eigenvalue weighted by Crippen LogP contribution is 2.22. The first-order valence-electron chi connectivity index (χ1n) is 3.65. The number of nitro groups is 1. The average Bonchev–Trinajstić information content (AvgIpc) is 2.18. The SMILES string of the molecule is N#CC=C(Cl)c1cccc([N+](=O)[O-])c1. The highest BCUT2D eigenvalue weighted by molar-refractivity contribution is 6.49. The Labute approximate surface area is 85.2 Å². The molecule has 0 unspecified atom stereocenters. The third-order valence-electron chi connectivity index (χ3n) is 1.52. The monoisotopic (exact) mass is 208 g/mol. The highest BCUT2D eigenvalue weighted by atomic mass is 35.5. The van der Waals surface area contributed by atoms with Crippen LogP contribution in [-0.4, -0.2) is 4.92 Å². The van der Waals surface area contributed by atoms with Crippen LogP contribution in [-0.2, 0) is 0 Å². The summed E-state index contributed by atoms with van der Waals surface area (Å²) < 4.78 is 0. The van der Waals surface area contributed by atoms with Crippen molar-refractivity contribution in [3.05, 3.63) is 46.0 Å². The molecule has 0 aliphatic heterocycles. The summed E-state index contributed by atoms with van der Waals surface area (Å²) in [6.45, 7) is 0. The summed E-state index contributed by atoms with van der Waals surface area (Å²) >= 11 is 5.70. The molecule has 1 aromatic carbocycles. The number of allylic oxidation sites excluding steroid dienone is 1. The normalized spacial score (nSPS) is 10.7. The summed E-state index contributed by atoms with van der Waals surface area (Å²) in [5.74, 6) is 0. The van der Waals surface area contributed by atoms with E-state index >= 15 is 0 Å². The molecule has 0 heterocycles. The minimum absolute atomic E-state index is 0.0491. The molecule has 0 saturated heterocycles. The zero-order valence-electron chi connectivity index (χ0n) is 6.98. The first-order valence-corrected chi connectivity index (χ1v) is 4.03. The zero-order valence-corrected chi connectivity index (χ0v) is 7.73. The van der Waals surface area contributed by atoms with Crippen LogP contribution in [0.3, 0.4) is 0 Å². The summed E-state index contributed by atoms with van der Waals surface area (Å²) in [7, 11) is 0. The van der Waals surface area contributed by atoms with E-state index in [2.05, 4.69) is 0 Å². The summed E-state index contributed by atoms with van der Waals surface area (Å²) in [6, 6.07) is 7.54. The van der Waals surface area contributed by atoms with Gasteiger partial charge < -0.3 is 0 Å². The lowest BCUT2D eigenvalue weighted by Gasteiger charge is -1.96. The van der Waals surface area contributed by atoms with E-state index in [4.69, 9.17) is 16.9 Å². The third-order valence-corrected chi connectivity index (χ3v) is 1.85. The van der Waals surface area contributed by atoms with E-state index in [1.807, 2.05) is 0 Å². The molecular formula is C9H5ClN2O2. The van der Waals surface area contributed by atoms with Crippen LogP contribution in [0.5, 0.6) is 0 Å². The molecule has 0 amide bonds. The molecule has 0 atom stereocenters. The Morgan fingerprint density at radius 2 is 2.36 bits per heavy atom. The predicted octanol–water partition coefficient (Wildman–Crippen LogP) is 2.70. The molecular weight excluding hydrogens is 204 g/mol. The van der Waals surface area contributed by atoms with Crippen molar-refractivity contribution in [1.82, 2.24) is 0 Å². The molecule has 1 aromatic rings. The maximum Gasteiger partial charge on any atom is 0.270 e. The van der Waals surface area contributed by atoms with Crippen LogP contribution in [0.15, 0.2) is 30.3 Å². The van der Waals surface area contributed by atoms with Crippen LogP contribution < -0.4 is 0 Å². The van der Waals surface area contributed by atoms with Gasteiger partial charge in [0, 0.05) is 23.8 Å². The topological polar surface area (TPSA) is 66.9 Å². The highest BCUT2D eigenvalue weighted by Gasteiger charge is 2.06. The average molecular weight is 209 g/mol. The van der Waals surface area contributed by atoms with Gasteiger partial charge >= 0.3 is 0 Å². The fourth-order valence-electron chi connectivity index (χ4n) is 0.908. The van der Waals surface area contributed by atoms with E-state index in [0.717, 1.165) is 6.08 Å². The number of nitriles is 1. The van der Waals surface area contributed by atoms with Gasteiger partial charge in [0.1, 0.15) is 0 Å². The molecule has 0 radical (unpaired) electrons. The van der Waals surface area contributed by atoms with E-state index < -0.39 is 4.92 Å². The van der Waals surface area contributed by atoms with Gasteiger partial charge in [0.25, 0.3) is 5.69 Å². The van der Waals surface area contributed by atoms with Crippen LogP contribution in [0.1, 0.15) is 5.56 Å². The van der Waals surface area contributed by atoms with Crippen molar-refractivity contribution in [1.29, 1.82) is 5.26 Å². The number of nitrogens with zero attached hydrogens (tertiary/aromatic N) is 2. The predicted molar refractivity (Wildman–Crippen MR) is 52.5 cm³/mol. The number of halogens is 1. The first-order chi connectivity index (χ1) is 6.65. The Hall–Kier alpha value is -1.86. The Morgan fingerprint density at radius 1 is 1.64 bits per heavy atom. The number of non-ortho nitro benzene ring substituents is 1. The molecule has 0 bridgehead atoms. The van der Waals surface area contributed by atoms with Crippen molar-refractivity contribution >= 4 is 22.3 Å². The van der Waals surface area contributed by atoms with Crippen LogP contribution >= 0.6 is 11.6 Å². The summed E-state index contributed by atoms with van der Waals surface area (Å²) in [5, 5.41) is 18.9. The van der Waals surface area contributed by atoms with Crippen molar-refractivity contribution in [2.75, 3.05) is 0 Å². The van der Waals surface area contributed by atoms with E-state index in [0.29, 0.717) is 5.56 Å². The molecule has 0 spiro atoms. The van der Waals surface area contributed by atoms with Gasteiger partial charge in [-0.05, 0) is 0 Å². The van der Waals surface area contributed by atoms with Crippen molar-refractivity contribution in [3.8, 4) is 6.07 Å². The second-order valence-electron chi connectivity index (χ2n) is 2.43. The molecule has 0 N–H and O–H groups in total. The quantitative estimate of drug-likeness (QED) is 0.426. The molecule has 0 aromatic heterocycles. The first kappa shape index (κ1) is 10.2. The van der Waals surface area contributed by atoms with Gasteiger partial charge in [0.2, 0.25) is 0 Å². The molecule has 0 aliphatic rings. The van der Waals surface area contributed by atoms with Gasteiger partial charge in [-0.15, -0.1) is 0 Å². The third kappa shape index (κ3) is 2.31. The zero-order chi connectivity index (χ0) is 10.6. The molecule has 0 saturated carbocycles. The molecule has 5 heteroatoms. The Balaban J connectivity index is 3.13. The van der Waals surface area contributed by atoms with Crippen LogP contribution in [0.2, 0.25) is 0 Å². The maximum atomic E-state index is 10.4. The largest absolute Gasteiger partial charge is 0.270 e. The molecule has 70 valence electrons. The lowest BCUT2D eigenvalue weighted by Crippen LogP contribution is -1.88. The fourth-order valence-corrected chi connectivity index (χ4v) is 1.07. The van der Waals surface area contributed by atoms with Gasteiger partial charge in [-0.2, -0.15) is 5.26 Å². The van der Waals surface area contributed by atoms with Gasteiger partial charge in [-0.3, -0.25) is 10.1 Å².